The number of likely N-dealkylation sites (N-methyl/N-ethyl adjacent to an activating group) is 1. The molecule has 0 amide bonds. The van der Waals surface area contributed by atoms with E-state index >= 15 is 0 Å². The standard InChI is InChI=1S/C21H45NO.C5H14NO4P/c1-4-7-9-11-12-13-15-17-19-20(22-21(23)6-3)18-16-14-10-8-5-2;1-6(2,3)4-5-10-11(7,8)9/h20-23H,4-19H2,1-3H3;4-5H2,1-3H3,(H-,7,8,9)/p+1. The average molecular weight is 512 g/mol. The van der Waals surface area contributed by atoms with Crippen LogP contribution in [0.4, 0.5) is 0 Å². The molecular formula is C26H60N2O5P+. The Hall–Kier alpha value is -0.0100. The third kappa shape index (κ3) is 32.0. The molecule has 0 aromatic carbocycles. The van der Waals surface area contributed by atoms with E-state index in [1.807, 2.05) is 28.1 Å². The fourth-order valence-corrected chi connectivity index (χ4v) is 3.97. The van der Waals surface area contributed by atoms with Crippen molar-refractivity contribution in [3.63, 3.8) is 0 Å². The Labute approximate surface area is 211 Å². The minimum absolute atomic E-state index is 0.0772. The highest BCUT2D eigenvalue weighted by Gasteiger charge is 2.16. The highest BCUT2D eigenvalue weighted by molar-refractivity contribution is 7.46. The van der Waals surface area contributed by atoms with Crippen LogP contribution in [0.1, 0.15) is 124 Å². The second-order valence-electron chi connectivity index (χ2n) is 10.6. The minimum atomic E-state index is -4.26. The second-order valence-corrected chi connectivity index (χ2v) is 11.8. The van der Waals surface area contributed by atoms with Gasteiger partial charge in [-0.2, -0.15) is 0 Å². The number of nitrogens with zero attached hydrogens (tertiary/aromatic N) is 1. The number of unbranched alkanes of at least 4 members (excludes halogenated alkanes) is 11. The lowest BCUT2D eigenvalue weighted by Crippen LogP contribution is -2.37. The summed E-state index contributed by atoms with van der Waals surface area (Å²) in [5, 5.41) is 13.3. The quantitative estimate of drug-likeness (QED) is 0.0584. The zero-order valence-corrected chi connectivity index (χ0v) is 24.3. The summed E-state index contributed by atoms with van der Waals surface area (Å²) in [7, 11) is 1.50. The van der Waals surface area contributed by atoms with E-state index < -0.39 is 7.82 Å². The molecule has 0 aliphatic heterocycles. The molecule has 2 atom stereocenters. The van der Waals surface area contributed by atoms with Crippen LogP contribution < -0.4 is 5.32 Å². The van der Waals surface area contributed by atoms with Crippen LogP contribution in [-0.4, -0.2) is 65.9 Å². The molecule has 0 radical (unpaired) electrons. The molecule has 0 saturated carbocycles. The van der Waals surface area contributed by atoms with Crippen LogP contribution in [-0.2, 0) is 9.09 Å². The van der Waals surface area contributed by atoms with E-state index in [9.17, 15) is 9.67 Å². The largest absolute Gasteiger partial charge is 0.469 e. The van der Waals surface area contributed by atoms with Crippen molar-refractivity contribution in [2.75, 3.05) is 34.3 Å². The van der Waals surface area contributed by atoms with Gasteiger partial charge in [0.2, 0.25) is 0 Å². The van der Waals surface area contributed by atoms with E-state index in [4.69, 9.17) is 9.79 Å². The van der Waals surface area contributed by atoms with Crippen molar-refractivity contribution in [1.82, 2.24) is 5.32 Å². The van der Waals surface area contributed by atoms with Gasteiger partial charge in [0.1, 0.15) is 19.4 Å². The molecule has 8 heteroatoms. The molecule has 0 bridgehead atoms. The summed E-state index contributed by atoms with van der Waals surface area (Å²) < 4.78 is 15.1. The maximum Gasteiger partial charge on any atom is 0.469 e. The van der Waals surface area contributed by atoms with Gasteiger partial charge in [-0.15, -0.1) is 0 Å². The molecule has 0 saturated heterocycles. The highest BCUT2D eigenvalue weighted by atomic mass is 31.2. The number of nitrogens with one attached hydrogen (secondary N) is 1. The Balaban J connectivity index is 0. The van der Waals surface area contributed by atoms with Crippen molar-refractivity contribution in [3.8, 4) is 0 Å². The van der Waals surface area contributed by atoms with Gasteiger partial charge in [-0.25, -0.2) is 4.57 Å². The molecule has 2 unspecified atom stereocenters. The number of hydrogen-bond acceptors (Lipinski definition) is 4. The molecule has 0 aliphatic rings. The Morgan fingerprint density at radius 1 is 0.765 bits per heavy atom. The second kappa shape index (κ2) is 23.4. The van der Waals surface area contributed by atoms with Crippen LogP contribution in [0.15, 0.2) is 0 Å². The maximum absolute atomic E-state index is 10.2. The van der Waals surface area contributed by atoms with E-state index in [1.165, 1.54) is 96.3 Å². The van der Waals surface area contributed by atoms with Gasteiger partial charge in [-0.3, -0.25) is 9.84 Å². The zero-order valence-electron chi connectivity index (χ0n) is 23.4. The van der Waals surface area contributed by atoms with Crippen molar-refractivity contribution in [3.05, 3.63) is 0 Å². The SMILES string of the molecule is CCCCCCCCCCC(CCCCCCC)NC(O)CC.C[N+](C)(C)CCOP(=O)(O)O. The molecule has 0 aromatic rings. The summed E-state index contributed by atoms with van der Waals surface area (Å²) in [6.07, 6.45) is 20.7. The van der Waals surface area contributed by atoms with Gasteiger partial charge in [0.15, 0.2) is 0 Å². The van der Waals surface area contributed by atoms with Crippen LogP contribution in [0.25, 0.3) is 0 Å². The van der Waals surface area contributed by atoms with Crippen LogP contribution in [0.2, 0.25) is 0 Å². The van der Waals surface area contributed by atoms with Crippen molar-refractivity contribution in [1.29, 1.82) is 0 Å². The average Bonchev–Trinajstić information content (AvgIpc) is 2.73. The summed E-state index contributed by atoms with van der Waals surface area (Å²) in [5.74, 6) is 0. The fraction of sp³-hybridized carbons (Fsp3) is 1.00. The lowest BCUT2D eigenvalue weighted by atomic mass is 9.99. The summed E-state index contributed by atoms with van der Waals surface area (Å²) in [4.78, 5) is 16.6. The normalized spacial score (nSPS) is 13.9. The smallest absolute Gasteiger partial charge is 0.379 e. The molecule has 0 rings (SSSR count). The summed E-state index contributed by atoms with van der Waals surface area (Å²) >= 11 is 0. The number of phosphoric ester groups is 1. The van der Waals surface area contributed by atoms with E-state index in [0.29, 0.717) is 17.1 Å². The molecule has 0 aromatic heterocycles. The Kier molecular flexibility index (Phi) is 24.9. The molecule has 0 heterocycles. The summed E-state index contributed by atoms with van der Waals surface area (Å²) in [5.41, 5.74) is 0. The summed E-state index contributed by atoms with van der Waals surface area (Å²) in [6, 6.07) is 0.520. The molecule has 4 N–H and O–H groups in total. The van der Waals surface area contributed by atoms with E-state index in [-0.39, 0.29) is 12.8 Å². The molecule has 0 spiro atoms. The van der Waals surface area contributed by atoms with E-state index in [0.717, 1.165) is 6.42 Å². The zero-order chi connectivity index (χ0) is 26.3. The lowest BCUT2D eigenvalue weighted by Gasteiger charge is -2.23. The first-order chi connectivity index (χ1) is 15.9. The molecule has 0 fully saturated rings. The van der Waals surface area contributed by atoms with Crippen molar-refractivity contribution in [2.45, 2.75) is 136 Å². The number of phosphoric acid groups is 1. The van der Waals surface area contributed by atoms with Crippen LogP contribution in [0.5, 0.6) is 0 Å². The molecule has 0 aliphatic carbocycles. The summed E-state index contributed by atoms with van der Waals surface area (Å²) in [6.45, 7) is 7.25. The third-order valence-electron chi connectivity index (χ3n) is 5.90. The number of quaternary nitrogens is 1. The van der Waals surface area contributed by atoms with Gasteiger partial charge in [0, 0.05) is 6.04 Å². The lowest BCUT2D eigenvalue weighted by molar-refractivity contribution is -0.870. The van der Waals surface area contributed by atoms with Gasteiger partial charge in [0.25, 0.3) is 0 Å². The topological polar surface area (TPSA) is 99.0 Å². The molecule has 34 heavy (non-hydrogen) atoms. The predicted octanol–water partition coefficient (Wildman–Crippen LogP) is 6.37. The van der Waals surface area contributed by atoms with Crippen LogP contribution in [0.3, 0.4) is 0 Å². The monoisotopic (exact) mass is 511 g/mol. The van der Waals surface area contributed by atoms with Gasteiger partial charge < -0.3 is 19.4 Å². The van der Waals surface area contributed by atoms with Gasteiger partial charge in [-0.1, -0.05) is 104 Å². The van der Waals surface area contributed by atoms with Crippen LogP contribution >= 0.6 is 7.82 Å². The first kappa shape index (κ1) is 36.1. The number of hydrogen-bond donors (Lipinski definition) is 4. The number of rotatable bonds is 22. The van der Waals surface area contributed by atoms with Gasteiger partial charge >= 0.3 is 7.82 Å². The number of aliphatic hydroxyl groups is 1. The Morgan fingerprint density at radius 3 is 1.53 bits per heavy atom. The molecular weight excluding hydrogens is 451 g/mol. The maximum atomic E-state index is 10.2. The van der Waals surface area contributed by atoms with Gasteiger partial charge in [0.05, 0.1) is 21.1 Å². The van der Waals surface area contributed by atoms with Crippen molar-refractivity contribution < 1.29 is 28.5 Å². The highest BCUT2D eigenvalue weighted by Crippen LogP contribution is 2.35. The Bertz CT molecular complexity index is 469. The molecule has 7 nitrogen and oxygen atoms in total. The first-order valence-corrected chi connectivity index (χ1v) is 15.4. The predicted molar refractivity (Wildman–Crippen MR) is 145 cm³/mol. The van der Waals surface area contributed by atoms with Crippen LogP contribution in [0, 0.1) is 0 Å². The molecule has 208 valence electrons. The first-order valence-electron chi connectivity index (χ1n) is 13.9. The third-order valence-corrected chi connectivity index (χ3v) is 6.42. The van der Waals surface area contributed by atoms with Crippen molar-refractivity contribution in [2.24, 2.45) is 0 Å². The van der Waals surface area contributed by atoms with Gasteiger partial charge in [-0.05, 0) is 19.3 Å². The minimum Gasteiger partial charge on any atom is -0.379 e. The fourth-order valence-electron chi connectivity index (χ4n) is 3.65. The van der Waals surface area contributed by atoms with E-state index in [2.05, 4.69) is 23.7 Å². The Morgan fingerprint density at radius 2 is 1.18 bits per heavy atom. The van der Waals surface area contributed by atoms with E-state index in [1.54, 1.807) is 0 Å². The number of aliphatic hydroxyl groups excluding tert-OH is 1. The van der Waals surface area contributed by atoms with Crippen molar-refractivity contribution >= 4 is 7.82 Å².